The summed E-state index contributed by atoms with van der Waals surface area (Å²) in [5, 5.41) is 5.91. The third kappa shape index (κ3) is 4.64. The molecule has 2 heterocycles. The highest BCUT2D eigenvalue weighted by molar-refractivity contribution is 7.17. The number of unbranched alkanes of at least 4 members (excludes halogenated alkanes) is 1. The van der Waals surface area contributed by atoms with Gasteiger partial charge in [0, 0.05) is 11.9 Å². The molecule has 6 nitrogen and oxygen atoms in total. The summed E-state index contributed by atoms with van der Waals surface area (Å²) in [6.45, 7) is 10.7. The molecule has 24 heavy (non-hydrogen) atoms. The molecule has 0 aliphatic heterocycles. The van der Waals surface area contributed by atoms with Crippen LogP contribution in [0.4, 0.5) is 5.82 Å². The Bertz CT molecular complexity index is 655. The molecule has 0 aromatic carbocycles. The average molecular weight is 350 g/mol. The van der Waals surface area contributed by atoms with Crippen molar-refractivity contribution in [1.29, 1.82) is 0 Å². The van der Waals surface area contributed by atoms with Crippen LogP contribution in [-0.4, -0.2) is 53.6 Å². The highest BCUT2D eigenvalue weighted by Crippen LogP contribution is 2.29. The Hall–Kier alpha value is -1.73. The van der Waals surface area contributed by atoms with Crippen LogP contribution in [0, 0.1) is 0 Å². The lowest BCUT2D eigenvalue weighted by Crippen LogP contribution is -2.24. The number of esters is 1. The zero-order chi connectivity index (χ0) is 17.4. The number of anilines is 1. The SMILES string of the molecule is CCOC(=O)c1csc2ncnc(NCCCCN(CC)CC)c12. The molecule has 132 valence electrons. The number of rotatable bonds is 10. The number of thiophene rings is 1. The van der Waals surface area contributed by atoms with Gasteiger partial charge in [0.25, 0.3) is 0 Å². The molecule has 7 heteroatoms. The first-order valence-corrected chi connectivity index (χ1v) is 9.44. The lowest BCUT2D eigenvalue weighted by Gasteiger charge is -2.17. The zero-order valence-corrected chi connectivity index (χ0v) is 15.5. The van der Waals surface area contributed by atoms with Crippen molar-refractivity contribution in [3.8, 4) is 0 Å². The maximum atomic E-state index is 12.1. The second-order valence-corrected chi connectivity index (χ2v) is 6.29. The van der Waals surface area contributed by atoms with Crippen molar-refractivity contribution in [3.05, 3.63) is 17.3 Å². The Labute approximate surface area is 147 Å². The Morgan fingerprint density at radius 3 is 2.75 bits per heavy atom. The molecule has 2 aromatic rings. The summed E-state index contributed by atoms with van der Waals surface area (Å²) in [6.07, 6.45) is 3.73. The average Bonchev–Trinajstić information content (AvgIpc) is 3.03. The van der Waals surface area contributed by atoms with Gasteiger partial charge < -0.3 is 15.0 Å². The van der Waals surface area contributed by atoms with Gasteiger partial charge in [-0.1, -0.05) is 13.8 Å². The molecule has 0 bridgehead atoms. The molecule has 0 amide bonds. The number of hydrogen-bond acceptors (Lipinski definition) is 7. The molecular weight excluding hydrogens is 324 g/mol. The van der Waals surface area contributed by atoms with Crippen LogP contribution in [0.2, 0.25) is 0 Å². The van der Waals surface area contributed by atoms with Gasteiger partial charge in [0.05, 0.1) is 17.6 Å². The van der Waals surface area contributed by atoms with Gasteiger partial charge in [-0.2, -0.15) is 0 Å². The van der Waals surface area contributed by atoms with Crippen molar-refractivity contribution in [2.75, 3.05) is 38.1 Å². The summed E-state index contributed by atoms with van der Waals surface area (Å²) < 4.78 is 5.12. The first kappa shape index (κ1) is 18.6. The van der Waals surface area contributed by atoms with Crippen LogP contribution >= 0.6 is 11.3 Å². The van der Waals surface area contributed by atoms with Crippen LogP contribution in [0.5, 0.6) is 0 Å². The van der Waals surface area contributed by atoms with Crippen molar-refractivity contribution < 1.29 is 9.53 Å². The van der Waals surface area contributed by atoms with Gasteiger partial charge in [-0.05, 0) is 39.4 Å². The van der Waals surface area contributed by atoms with E-state index in [-0.39, 0.29) is 5.97 Å². The van der Waals surface area contributed by atoms with Gasteiger partial charge in [-0.25, -0.2) is 14.8 Å². The Balaban J connectivity index is 1.99. The standard InChI is InChI=1S/C17H26N4O2S/c1-4-21(5-2)10-8-7-9-18-15-14-13(17(22)23-6-3)11-24-16(14)20-12-19-15/h11-12H,4-10H2,1-3H3,(H,18,19,20). The third-order valence-electron chi connectivity index (χ3n) is 3.95. The van der Waals surface area contributed by atoms with E-state index in [1.165, 1.54) is 17.7 Å². The zero-order valence-electron chi connectivity index (χ0n) is 14.7. The fourth-order valence-electron chi connectivity index (χ4n) is 2.58. The maximum Gasteiger partial charge on any atom is 0.339 e. The summed E-state index contributed by atoms with van der Waals surface area (Å²) in [6, 6.07) is 0. The molecule has 0 aliphatic carbocycles. The van der Waals surface area contributed by atoms with Gasteiger partial charge >= 0.3 is 5.97 Å². The smallest absolute Gasteiger partial charge is 0.339 e. The Morgan fingerprint density at radius 2 is 2.04 bits per heavy atom. The van der Waals surface area contributed by atoms with Crippen molar-refractivity contribution in [3.63, 3.8) is 0 Å². The second-order valence-electron chi connectivity index (χ2n) is 5.43. The first-order chi connectivity index (χ1) is 11.7. The van der Waals surface area contributed by atoms with Gasteiger partial charge in [-0.3, -0.25) is 0 Å². The molecule has 0 saturated carbocycles. The van der Waals surface area contributed by atoms with E-state index in [4.69, 9.17) is 4.74 Å². The number of carbonyl (C=O) groups excluding carboxylic acids is 1. The number of aromatic nitrogens is 2. The first-order valence-electron chi connectivity index (χ1n) is 8.56. The molecule has 0 spiro atoms. The largest absolute Gasteiger partial charge is 0.462 e. The Morgan fingerprint density at radius 1 is 1.25 bits per heavy atom. The van der Waals surface area contributed by atoms with Crippen LogP contribution < -0.4 is 5.32 Å². The van der Waals surface area contributed by atoms with Gasteiger partial charge in [0.1, 0.15) is 17.0 Å². The molecule has 1 N–H and O–H groups in total. The van der Waals surface area contributed by atoms with Gasteiger partial charge in [0.2, 0.25) is 0 Å². The summed E-state index contributed by atoms with van der Waals surface area (Å²) in [7, 11) is 0. The number of carbonyl (C=O) groups is 1. The minimum Gasteiger partial charge on any atom is -0.462 e. The van der Waals surface area contributed by atoms with Crippen molar-refractivity contribution in [2.45, 2.75) is 33.6 Å². The fraction of sp³-hybridized carbons (Fsp3) is 0.588. The van der Waals surface area contributed by atoms with E-state index in [1.807, 2.05) is 0 Å². The summed E-state index contributed by atoms with van der Waals surface area (Å²) in [5.74, 6) is 0.398. The number of nitrogens with one attached hydrogen (secondary N) is 1. The predicted molar refractivity (Wildman–Crippen MR) is 98.9 cm³/mol. The van der Waals surface area contributed by atoms with E-state index in [2.05, 4.69) is 34.0 Å². The number of hydrogen-bond donors (Lipinski definition) is 1. The molecule has 0 radical (unpaired) electrons. The van der Waals surface area contributed by atoms with Crippen LogP contribution in [-0.2, 0) is 4.74 Å². The molecule has 0 saturated heterocycles. The quantitative estimate of drug-likeness (QED) is 0.523. The van der Waals surface area contributed by atoms with Crippen LogP contribution in [0.1, 0.15) is 44.0 Å². The van der Waals surface area contributed by atoms with Crippen molar-refractivity contribution >= 4 is 33.3 Å². The topological polar surface area (TPSA) is 67.3 Å². The highest BCUT2D eigenvalue weighted by atomic mass is 32.1. The van der Waals surface area contributed by atoms with E-state index in [1.54, 1.807) is 12.3 Å². The van der Waals surface area contributed by atoms with Crippen molar-refractivity contribution in [1.82, 2.24) is 14.9 Å². The molecule has 0 fully saturated rings. The van der Waals surface area contributed by atoms with Gasteiger partial charge in [-0.15, -0.1) is 11.3 Å². The van der Waals surface area contributed by atoms with E-state index in [0.717, 1.165) is 49.2 Å². The van der Waals surface area contributed by atoms with Crippen molar-refractivity contribution in [2.24, 2.45) is 0 Å². The highest BCUT2D eigenvalue weighted by Gasteiger charge is 2.17. The lowest BCUT2D eigenvalue weighted by atomic mass is 10.2. The minimum atomic E-state index is -0.317. The number of fused-ring (bicyclic) bond motifs is 1. The lowest BCUT2D eigenvalue weighted by molar-refractivity contribution is 0.0529. The number of ether oxygens (including phenoxy) is 1. The van der Waals surface area contributed by atoms with Crippen LogP contribution in [0.15, 0.2) is 11.7 Å². The molecule has 2 rings (SSSR count). The fourth-order valence-corrected chi connectivity index (χ4v) is 3.45. The summed E-state index contributed by atoms with van der Waals surface area (Å²) in [5.41, 5.74) is 0.545. The van der Waals surface area contributed by atoms with E-state index < -0.39 is 0 Å². The predicted octanol–water partition coefficient (Wildman–Crippen LogP) is 3.40. The van der Waals surface area contributed by atoms with E-state index in [0.29, 0.717) is 18.0 Å². The van der Waals surface area contributed by atoms with E-state index >= 15 is 0 Å². The molecule has 0 aliphatic rings. The molecule has 0 unspecified atom stereocenters. The summed E-state index contributed by atoms with van der Waals surface area (Å²) >= 11 is 1.44. The molecule has 0 atom stereocenters. The van der Waals surface area contributed by atoms with Crippen LogP contribution in [0.3, 0.4) is 0 Å². The minimum absolute atomic E-state index is 0.317. The maximum absolute atomic E-state index is 12.1. The monoisotopic (exact) mass is 350 g/mol. The second kappa shape index (κ2) is 9.54. The van der Waals surface area contributed by atoms with E-state index in [9.17, 15) is 4.79 Å². The van der Waals surface area contributed by atoms with Gasteiger partial charge in [0.15, 0.2) is 0 Å². The number of nitrogens with zero attached hydrogens (tertiary/aromatic N) is 3. The van der Waals surface area contributed by atoms with Crippen LogP contribution in [0.25, 0.3) is 10.2 Å². The normalized spacial score (nSPS) is 11.2. The summed E-state index contributed by atoms with van der Waals surface area (Å²) in [4.78, 5) is 23.9. The third-order valence-corrected chi connectivity index (χ3v) is 4.84. The molecular formula is C17H26N4O2S. The molecule has 2 aromatic heterocycles. The Kier molecular flexibility index (Phi) is 7.39.